The monoisotopic (exact) mass is 150 g/mol. The summed E-state index contributed by atoms with van der Waals surface area (Å²) in [5.74, 6) is -0.0446. The molecule has 2 nitrogen and oxygen atoms in total. The van der Waals surface area contributed by atoms with E-state index in [9.17, 15) is 4.79 Å². The smallest absolute Gasteiger partial charge is 0.246 e. The van der Waals surface area contributed by atoms with Gasteiger partial charge in [-0.05, 0) is 6.42 Å². The summed E-state index contributed by atoms with van der Waals surface area (Å²) in [6.45, 7) is 5.63. The zero-order chi connectivity index (χ0) is 7.28. The summed E-state index contributed by atoms with van der Waals surface area (Å²) in [6.07, 6.45) is 1.77. The zero-order valence-corrected chi connectivity index (χ0v) is 9.03. The molecule has 0 rings (SSSR count). The Balaban J connectivity index is 0. The third kappa shape index (κ3) is 5.03. The molecular weight excluding hydrogens is 137 g/mol. The average molecular weight is 150 g/mol. The van der Waals surface area contributed by atoms with E-state index in [1.54, 1.807) is 7.05 Å². The molecule has 0 aliphatic heterocycles. The van der Waals surface area contributed by atoms with Gasteiger partial charge in [0.15, 0.2) is 0 Å². The van der Waals surface area contributed by atoms with Gasteiger partial charge in [-0.15, -0.1) is 0 Å². The van der Waals surface area contributed by atoms with E-state index in [-0.39, 0.29) is 35.5 Å². The van der Waals surface area contributed by atoms with Crippen molar-refractivity contribution in [1.29, 1.82) is 0 Å². The molecule has 0 fully saturated rings. The van der Waals surface area contributed by atoms with Gasteiger partial charge in [-0.2, -0.15) is 0 Å². The quantitative estimate of drug-likeness (QED) is 0.466. The molecule has 0 atom stereocenters. The van der Waals surface area contributed by atoms with E-state index in [4.69, 9.17) is 0 Å². The minimum absolute atomic E-state index is 0. The maximum atomic E-state index is 10.7. The molecule has 0 aromatic heterocycles. The van der Waals surface area contributed by atoms with Crippen LogP contribution in [-0.2, 0) is 4.79 Å². The van der Waals surface area contributed by atoms with Crippen LogP contribution in [0.4, 0.5) is 0 Å². The van der Waals surface area contributed by atoms with Crippen molar-refractivity contribution in [2.75, 3.05) is 7.05 Å². The minimum Gasteiger partial charge on any atom is -0.355 e. The van der Waals surface area contributed by atoms with Gasteiger partial charge >= 0.3 is 0 Å². The molecule has 0 heterocycles. The molecule has 0 saturated heterocycles. The fourth-order valence-electron chi connectivity index (χ4n) is 0.592. The molecular formula is C7H13NNaO. The Morgan fingerprint density at radius 1 is 1.60 bits per heavy atom. The van der Waals surface area contributed by atoms with E-state index in [0.717, 1.165) is 12.8 Å². The van der Waals surface area contributed by atoms with E-state index >= 15 is 0 Å². The third-order valence-electron chi connectivity index (χ3n) is 1.10. The van der Waals surface area contributed by atoms with E-state index < -0.39 is 0 Å². The van der Waals surface area contributed by atoms with Gasteiger partial charge in [0.2, 0.25) is 5.91 Å². The molecule has 10 heavy (non-hydrogen) atoms. The molecule has 0 aromatic rings. The Bertz CT molecular complexity index is 123. The fourth-order valence-corrected chi connectivity index (χ4v) is 0.592. The molecule has 0 aliphatic rings. The van der Waals surface area contributed by atoms with Crippen molar-refractivity contribution in [3.63, 3.8) is 0 Å². The van der Waals surface area contributed by atoms with Crippen LogP contribution in [0.5, 0.6) is 0 Å². The summed E-state index contributed by atoms with van der Waals surface area (Å²) in [5.41, 5.74) is 0.667. The molecule has 0 unspecified atom stereocenters. The van der Waals surface area contributed by atoms with Crippen LogP contribution < -0.4 is 5.32 Å². The van der Waals surface area contributed by atoms with Gasteiger partial charge in [0.1, 0.15) is 0 Å². The van der Waals surface area contributed by atoms with Crippen LogP contribution in [0.25, 0.3) is 0 Å². The van der Waals surface area contributed by atoms with Crippen molar-refractivity contribution >= 4 is 35.5 Å². The normalized spacial score (nSPS) is 7.80. The summed E-state index contributed by atoms with van der Waals surface area (Å²) in [7, 11) is 1.61. The number of nitrogens with one attached hydrogen (secondary N) is 1. The largest absolute Gasteiger partial charge is 0.355 e. The molecule has 0 aromatic carbocycles. The topological polar surface area (TPSA) is 29.1 Å². The molecule has 1 amide bonds. The number of rotatable bonds is 3. The van der Waals surface area contributed by atoms with Crippen molar-refractivity contribution in [1.82, 2.24) is 5.32 Å². The number of likely N-dealkylation sites (N-methyl/N-ethyl adjacent to an activating group) is 1. The Morgan fingerprint density at radius 3 is 2.40 bits per heavy atom. The third-order valence-corrected chi connectivity index (χ3v) is 1.10. The fraction of sp³-hybridized carbons (Fsp3) is 0.571. The van der Waals surface area contributed by atoms with Crippen LogP contribution in [0.1, 0.15) is 19.8 Å². The van der Waals surface area contributed by atoms with Gasteiger partial charge in [-0.1, -0.05) is 19.9 Å². The van der Waals surface area contributed by atoms with Crippen molar-refractivity contribution in [2.24, 2.45) is 0 Å². The number of amides is 1. The molecule has 0 saturated carbocycles. The Morgan fingerprint density at radius 2 is 2.10 bits per heavy atom. The maximum Gasteiger partial charge on any atom is 0.246 e. The number of hydrogen-bond acceptors (Lipinski definition) is 1. The number of hydrogen-bond donors (Lipinski definition) is 1. The van der Waals surface area contributed by atoms with Crippen LogP contribution in [0, 0.1) is 0 Å². The van der Waals surface area contributed by atoms with Gasteiger partial charge < -0.3 is 5.32 Å². The summed E-state index contributed by atoms with van der Waals surface area (Å²) < 4.78 is 0. The summed E-state index contributed by atoms with van der Waals surface area (Å²) in [6, 6.07) is 0. The number of carbonyl (C=O) groups excluding carboxylic acids is 1. The van der Waals surface area contributed by atoms with Crippen LogP contribution in [0.15, 0.2) is 12.2 Å². The van der Waals surface area contributed by atoms with Crippen molar-refractivity contribution < 1.29 is 4.79 Å². The minimum atomic E-state index is -0.0446. The van der Waals surface area contributed by atoms with E-state index in [1.165, 1.54) is 0 Å². The van der Waals surface area contributed by atoms with Crippen LogP contribution in [-0.4, -0.2) is 42.5 Å². The number of carbonyl (C=O) groups is 1. The van der Waals surface area contributed by atoms with Gasteiger partial charge in [0.05, 0.1) is 0 Å². The Kier molecular flexibility index (Phi) is 9.40. The van der Waals surface area contributed by atoms with Gasteiger partial charge in [0, 0.05) is 42.2 Å². The zero-order valence-electron chi connectivity index (χ0n) is 7.03. The summed E-state index contributed by atoms with van der Waals surface area (Å²) in [5, 5.41) is 2.51. The van der Waals surface area contributed by atoms with Crippen molar-refractivity contribution in [2.45, 2.75) is 19.8 Å². The average Bonchev–Trinajstić information content (AvgIpc) is 1.87. The molecule has 0 bridgehead atoms. The first kappa shape index (κ1) is 12.8. The van der Waals surface area contributed by atoms with Gasteiger partial charge in [0.25, 0.3) is 0 Å². The van der Waals surface area contributed by atoms with E-state index in [1.807, 2.05) is 6.92 Å². The second-order valence-electron chi connectivity index (χ2n) is 1.93. The van der Waals surface area contributed by atoms with Gasteiger partial charge in [-0.25, -0.2) is 0 Å². The molecule has 1 radical (unpaired) electrons. The maximum absolute atomic E-state index is 10.7. The van der Waals surface area contributed by atoms with Crippen molar-refractivity contribution in [3.8, 4) is 0 Å². The SMILES string of the molecule is C=C(CCC)C(=O)NC.[Na]. The molecule has 0 spiro atoms. The molecule has 3 heteroatoms. The predicted octanol–water partition coefficient (Wildman–Crippen LogP) is 0.708. The summed E-state index contributed by atoms with van der Waals surface area (Å²) >= 11 is 0. The van der Waals surface area contributed by atoms with Crippen LogP contribution >= 0.6 is 0 Å². The first-order valence-electron chi connectivity index (χ1n) is 3.12. The molecule has 53 valence electrons. The van der Waals surface area contributed by atoms with Crippen molar-refractivity contribution in [3.05, 3.63) is 12.2 Å². The predicted molar refractivity (Wildman–Crippen MR) is 43.9 cm³/mol. The van der Waals surface area contributed by atoms with E-state index in [2.05, 4.69) is 11.9 Å². The first-order chi connectivity index (χ1) is 4.22. The summed E-state index contributed by atoms with van der Waals surface area (Å²) in [4.78, 5) is 10.7. The molecule has 1 N–H and O–H groups in total. The second-order valence-corrected chi connectivity index (χ2v) is 1.93. The van der Waals surface area contributed by atoms with Gasteiger partial charge in [-0.3, -0.25) is 4.79 Å². The molecule has 0 aliphatic carbocycles. The standard InChI is InChI=1S/C7H13NO.Na/c1-4-5-6(2)7(9)8-3;/h2,4-5H2,1,3H3,(H,8,9);. The first-order valence-corrected chi connectivity index (χ1v) is 3.12. The van der Waals surface area contributed by atoms with E-state index in [0.29, 0.717) is 5.57 Å². The Hall–Kier alpha value is 0.210. The van der Waals surface area contributed by atoms with Crippen LogP contribution in [0.3, 0.4) is 0 Å². The second kappa shape index (κ2) is 7.32. The van der Waals surface area contributed by atoms with Crippen LogP contribution in [0.2, 0.25) is 0 Å². The Labute approximate surface area is 84.4 Å².